The van der Waals surface area contributed by atoms with Crippen LogP contribution in [0.25, 0.3) is 0 Å². The minimum absolute atomic E-state index is 0.428. The van der Waals surface area contributed by atoms with Gasteiger partial charge in [-0.15, -0.1) is 0 Å². The fourth-order valence-corrected chi connectivity index (χ4v) is 1.78. The quantitative estimate of drug-likeness (QED) is 0.864. The molecule has 0 bridgehead atoms. The van der Waals surface area contributed by atoms with Crippen LogP contribution in [0.1, 0.15) is 11.3 Å². The largest absolute Gasteiger partial charge is 0.487 e. The number of benzene rings is 1. The van der Waals surface area contributed by atoms with Crippen LogP contribution in [0.5, 0.6) is 11.6 Å². The maximum absolute atomic E-state index is 5.82. The first-order valence-electron chi connectivity index (χ1n) is 6.18. The van der Waals surface area contributed by atoms with Crippen molar-refractivity contribution in [2.45, 2.75) is 13.2 Å². The van der Waals surface area contributed by atoms with E-state index in [1.165, 1.54) is 0 Å². The molecule has 0 saturated heterocycles. The number of nitrogens with zero attached hydrogens (tertiary/aromatic N) is 1. The lowest BCUT2D eigenvalue weighted by Gasteiger charge is -2.11. The van der Waals surface area contributed by atoms with E-state index in [4.69, 9.17) is 9.47 Å². The molecule has 0 spiro atoms. The normalized spacial score (nSPS) is 10.2. The van der Waals surface area contributed by atoms with Crippen molar-refractivity contribution in [3.8, 4) is 11.6 Å². The number of pyridine rings is 1. The second-order valence-electron chi connectivity index (χ2n) is 4.10. The molecule has 0 aliphatic heterocycles. The van der Waals surface area contributed by atoms with Gasteiger partial charge in [0.15, 0.2) is 0 Å². The van der Waals surface area contributed by atoms with Crippen LogP contribution >= 0.6 is 0 Å². The third-order valence-corrected chi connectivity index (χ3v) is 2.71. The van der Waals surface area contributed by atoms with Crippen LogP contribution in [0.2, 0.25) is 0 Å². The smallest absolute Gasteiger partial charge is 0.213 e. The summed E-state index contributed by atoms with van der Waals surface area (Å²) in [5, 5.41) is 3.13. The van der Waals surface area contributed by atoms with Crippen molar-refractivity contribution in [3.63, 3.8) is 0 Å². The lowest BCUT2D eigenvalue weighted by molar-refractivity contribution is 0.294. The molecule has 1 heterocycles. The van der Waals surface area contributed by atoms with Gasteiger partial charge in [-0.2, -0.15) is 0 Å². The van der Waals surface area contributed by atoms with Crippen molar-refractivity contribution >= 4 is 0 Å². The number of nitrogens with one attached hydrogen (secondary N) is 1. The standard InChI is InChI=1S/C15H18N2O2/c1-16-10-12-6-3-4-8-14(12)19-11-13-7-5-9-15(17-13)18-2/h3-9,16H,10-11H2,1-2H3. The molecular weight excluding hydrogens is 240 g/mol. The Kier molecular flexibility index (Phi) is 4.75. The van der Waals surface area contributed by atoms with Crippen LogP contribution in [-0.2, 0) is 13.2 Å². The van der Waals surface area contributed by atoms with Gasteiger partial charge in [0.1, 0.15) is 12.4 Å². The van der Waals surface area contributed by atoms with Crippen LogP contribution in [-0.4, -0.2) is 19.1 Å². The SMILES string of the molecule is CNCc1ccccc1OCc1cccc(OC)n1. The van der Waals surface area contributed by atoms with Gasteiger partial charge >= 0.3 is 0 Å². The average Bonchev–Trinajstić information content (AvgIpc) is 2.47. The van der Waals surface area contributed by atoms with Gasteiger partial charge in [-0.05, 0) is 19.2 Å². The molecule has 2 rings (SSSR count). The molecule has 100 valence electrons. The first-order valence-corrected chi connectivity index (χ1v) is 6.18. The Bertz CT molecular complexity index is 529. The van der Waals surface area contributed by atoms with Crippen LogP contribution in [0.4, 0.5) is 0 Å². The monoisotopic (exact) mass is 258 g/mol. The molecule has 2 aromatic rings. The van der Waals surface area contributed by atoms with Gasteiger partial charge in [0, 0.05) is 18.2 Å². The van der Waals surface area contributed by atoms with E-state index in [-0.39, 0.29) is 0 Å². The van der Waals surface area contributed by atoms with Gasteiger partial charge in [-0.25, -0.2) is 4.98 Å². The Morgan fingerprint density at radius 3 is 2.74 bits per heavy atom. The zero-order chi connectivity index (χ0) is 13.5. The van der Waals surface area contributed by atoms with E-state index in [1.54, 1.807) is 7.11 Å². The molecule has 4 nitrogen and oxygen atoms in total. The van der Waals surface area contributed by atoms with Crippen LogP contribution in [0.3, 0.4) is 0 Å². The van der Waals surface area contributed by atoms with Crippen molar-refractivity contribution in [1.82, 2.24) is 10.3 Å². The minimum atomic E-state index is 0.428. The highest BCUT2D eigenvalue weighted by Gasteiger charge is 2.03. The summed E-state index contributed by atoms with van der Waals surface area (Å²) >= 11 is 0. The van der Waals surface area contributed by atoms with Crippen LogP contribution in [0, 0.1) is 0 Å². The van der Waals surface area contributed by atoms with E-state index in [1.807, 2.05) is 49.5 Å². The summed E-state index contributed by atoms with van der Waals surface area (Å²) in [5.74, 6) is 1.48. The summed E-state index contributed by atoms with van der Waals surface area (Å²) in [5.41, 5.74) is 1.98. The van der Waals surface area contributed by atoms with E-state index >= 15 is 0 Å². The lowest BCUT2D eigenvalue weighted by Crippen LogP contribution is -2.08. The van der Waals surface area contributed by atoms with Gasteiger partial charge in [0.2, 0.25) is 5.88 Å². The fourth-order valence-electron chi connectivity index (χ4n) is 1.78. The predicted octanol–water partition coefficient (Wildman–Crippen LogP) is 2.39. The van der Waals surface area contributed by atoms with E-state index in [0.717, 1.165) is 23.6 Å². The lowest BCUT2D eigenvalue weighted by atomic mass is 10.2. The predicted molar refractivity (Wildman–Crippen MR) is 74.3 cm³/mol. The number of rotatable bonds is 6. The molecule has 0 fully saturated rings. The molecule has 1 N–H and O–H groups in total. The van der Waals surface area contributed by atoms with Crippen LogP contribution < -0.4 is 14.8 Å². The van der Waals surface area contributed by atoms with Gasteiger partial charge in [0.25, 0.3) is 0 Å². The molecular formula is C15H18N2O2. The van der Waals surface area contributed by atoms with Crippen molar-refractivity contribution in [1.29, 1.82) is 0 Å². The molecule has 1 aromatic heterocycles. The van der Waals surface area contributed by atoms with Gasteiger partial charge in [-0.3, -0.25) is 0 Å². The van der Waals surface area contributed by atoms with E-state index in [9.17, 15) is 0 Å². The number of aromatic nitrogens is 1. The highest BCUT2D eigenvalue weighted by atomic mass is 16.5. The molecule has 0 aliphatic rings. The Labute approximate surface area is 113 Å². The molecule has 0 radical (unpaired) electrons. The highest BCUT2D eigenvalue weighted by molar-refractivity contribution is 5.33. The van der Waals surface area contributed by atoms with Crippen molar-refractivity contribution < 1.29 is 9.47 Å². The topological polar surface area (TPSA) is 43.4 Å². The number of methoxy groups -OCH3 is 1. The Morgan fingerprint density at radius 2 is 1.95 bits per heavy atom. The fraction of sp³-hybridized carbons (Fsp3) is 0.267. The summed E-state index contributed by atoms with van der Waals surface area (Å²) in [4.78, 5) is 4.32. The van der Waals surface area contributed by atoms with Gasteiger partial charge < -0.3 is 14.8 Å². The second kappa shape index (κ2) is 6.75. The summed E-state index contributed by atoms with van der Waals surface area (Å²) in [6.45, 7) is 1.21. The average molecular weight is 258 g/mol. The molecule has 0 atom stereocenters. The third kappa shape index (κ3) is 3.69. The molecule has 0 aliphatic carbocycles. The van der Waals surface area contributed by atoms with Gasteiger partial charge in [0.05, 0.1) is 12.8 Å². The number of hydrogen-bond acceptors (Lipinski definition) is 4. The summed E-state index contributed by atoms with van der Waals surface area (Å²) in [7, 11) is 3.52. The third-order valence-electron chi connectivity index (χ3n) is 2.71. The minimum Gasteiger partial charge on any atom is -0.487 e. The van der Waals surface area contributed by atoms with E-state index in [2.05, 4.69) is 10.3 Å². The summed E-state index contributed by atoms with van der Waals surface area (Å²) in [6.07, 6.45) is 0. The maximum Gasteiger partial charge on any atom is 0.213 e. The Morgan fingerprint density at radius 1 is 1.11 bits per heavy atom. The summed E-state index contributed by atoms with van der Waals surface area (Å²) < 4.78 is 10.9. The van der Waals surface area contributed by atoms with E-state index < -0.39 is 0 Å². The zero-order valence-electron chi connectivity index (χ0n) is 11.2. The van der Waals surface area contributed by atoms with Crippen molar-refractivity contribution in [2.24, 2.45) is 0 Å². The molecule has 0 saturated carbocycles. The number of hydrogen-bond donors (Lipinski definition) is 1. The van der Waals surface area contributed by atoms with Crippen molar-refractivity contribution in [2.75, 3.05) is 14.2 Å². The second-order valence-corrected chi connectivity index (χ2v) is 4.10. The molecule has 0 unspecified atom stereocenters. The number of ether oxygens (including phenoxy) is 2. The zero-order valence-corrected chi connectivity index (χ0v) is 11.2. The molecule has 19 heavy (non-hydrogen) atoms. The van der Waals surface area contributed by atoms with Crippen LogP contribution in [0.15, 0.2) is 42.5 Å². The Hall–Kier alpha value is -2.07. The molecule has 1 aromatic carbocycles. The molecule has 4 heteroatoms. The Balaban J connectivity index is 2.05. The van der Waals surface area contributed by atoms with E-state index in [0.29, 0.717) is 12.5 Å². The first kappa shape index (κ1) is 13.4. The highest BCUT2D eigenvalue weighted by Crippen LogP contribution is 2.19. The van der Waals surface area contributed by atoms with Crippen molar-refractivity contribution in [3.05, 3.63) is 53.7 Å². The maximum atomic E-state index is 5.82. The van der Waals surface area contributed by atoms with Gasteiger partial charge in [-0.1, -0.05) is 24.3 Å². The summed E-state index contributed by atoms with van der Waals surface area (Å²) in [6, 6.07) is 13.6. The first-order chi connectivity index (χ1) is 9.33. The molecule has 0 amide bonds. The number of para-hydroxylation sites is 1.